The number of hydrogen-bond donors (Lipinski definition) is 0. The van der Waals surface area contributed by atoms with Crippen molar-refractivity contribution in [1.29, 1.82) is 0 Å². The highest BCUT2D eigenvalue weighted by atomic mass is 16.5. The summed E-state index contributed by atoms with van der Waals surface area (Å²) in [4.78, 5) is 13.5. The summed E-state index contributed by atoms with van der Waals surface area (Å²) < 4.78 is 9.68. The third-order valence-electron chi connectivity index (χ3n) is 4.32. The Labute approximate surface area is 158 Å². The number of aromatic nitrogens is 5. The first-order valence-corrected chi connectivity index (χ1v) is 9.02. The minimum absolute atomic E-state index is 0.633. The molecule has 4 aromatic rings. The van der Waals surface area contributed by atoms with E-state index in [1.807, 2.05) is 54.3 Å². The number of rotatable bonds is 7. The second kappa shape index (κ2) is 7.97. The van der Waals surface area contributed by atoms with Gasteiger partial charge in [-0.25, -0.2) is 15.0 Å². The zero-order valence-electron chi connectivity index (χ0n) is 15.2. The van der Waals surface area contributed by atoms with Gasteiger partial charge in [0.05, 0.1) is 30.0 Å². The molecule has 0 radical (unpaired) electrons. The molecule has 6 heteroatoms. The third-order valence-corrected chi connectivity index (χ3v) is 4.32. The molecule has 3 heterocycles. The van der Waals surface area contributed by atoms with E-state index in [2.05, 4.69) is 32.7 Å². The molecule has 136 valence electrons. The van der Waals surface area contributed by atoms with Gasteiger partial charge in [0, 0.05) is 37.3 Å². The minimum Gasteiger partial charge on any atom is -0.380 e. The second-order valence-corrected chi connectivity index (χ2v) is 6.01. The highest BCUT2D eigenvalue weighted by Gasteiger charge is 2.19. The zero-order chi connectivity index (χ0) is 18.5. The molecule has 1 aromatic carbocycles. The van der Waals surface area contributed by atoms with Crippen LogP contribution in [0, 0.1) is 0 Å². The lowest BCUT2D eigenvalue weighted by molar-refractivity contribution is 0.139. The van der Waals surface area contributed by atoms with Crippen molar-refractivity contribution in [3.8, 4) is 28.6 Å². The first-order chi connectivity index (χ1) is 13.4. The lowest BCUT2D eigenvalue weighted by atomic mass is 10.1. The van der Waals surface area contributed by atoms with Crippen LogP contribution < -0.4 is 0 Å². The Balaban J connectivity index is 1.84. The number of benzene rings is 1. The van der Waals surface area contributed by atoms with E-state index in [1.165, 1.54) is 0 Å². The van der Waals surface area contributed by atoms with Gasteiger partial charge < -0.3 is 9.30 Å². The van der Waals surface area contributed by atoms with Crippen LogP contribution in [-0.4, -0.2) is 37.3 Å². The molecule has 0 saturated carbocycles. The fourth-order valence-corrected chi connectivity index (χ4v) is 3.10. The molecule has 27 heavy (non-hydrogen) atoms. The highest BCUT2D eigenvalue weighted by Crippen LogP contribution is 2.32. The molecule has 0 unspecified atom stereocenters. The molecule has 0 aliphatic carbocycles. The van der Waals surface area contributed by atoms with Crippen molar-refractivity contribution >= 4 is 0 Å². The van der Waals surface area contributed by atoms with E-state index < -0.39 is 0 Å². The number of nitrogens with zero attached hydrogens (tertiary/aromatic N) is 5. The van der Waals surface area contributed by atoms with Gasteiger partial charge in [0.2, 0.25) is 5.95 Å². The van der Waals surface area contributed by atoms with Gasteiger partial charge in [-0.1, -0.05) is 30.3 Å². The smallest absolute Gasteiger partial charge is 0.234 e. The van der Waals surface area contributed by atoms with Gasteiger partial charge in [-0.05, 0) is 25.1 Å². The Bertz CT molecular complexity index is 992. The first-order valence-electron chi connectivity index (χ1n) is 9.02. The van der Waals surface area contributed by atoms with Gasteiger partial charge in [-0.2, -0.15) is 0 Å². The summed E-state index contributed by atoms with van der Waals surface area (Å²) in [7, 11) is 0. The fraction of sp³-hybridized carbons (Fsp3) is 0.190. The maximum Gasteiger partial charge on any atom is 0.234 e. The van der Waals surface area contributed by atoms with E-state index in [4.69, 9.17) is 9.72 Å². The van der Waals surface area contributed by atoms with Crippen molar-refractivity contribution in [2.45, 2.75) is 13.5 Å². The van der Waals surface area contributed by atoms with Crippen molar-refractivity contribution in [3.63, 3.8) is 0 Å². The van der Waals surface area contributed by atoms with Crippen LogP contribution in [0.3, 0.4) is 0 Å². The van der Waals surface area contributed by atoms with Crippen LogP contribution in [0.2, 0.25) is 0 Å². The molecule has 0 spiro atoms. The van der Waals surface area contributed by atoms with Crippen molar-refractivity contribution in [2.75, 3.05) is 13.2 Å². The van der Waals surface area contributed by atoms with Crippen molar-refractivity contribution in [3.05, 3.63) is 73.4 Å². The molecule has 0 amide bonds. The summed E-state index contributed by atoms with van der Waals surface area (Å²) in [5.41, 5.74) is 4.03. The molecule has 0 fully saturated rings. The Hall–Kier alpha value is -3.25. The lowest BCUT2D eigenvalue weighted by Gasteiger charge is -2.13. The molecule has 0 bridgehead atoms. The van der Waals surface area contributed by atoms with Crippen LogP contribution in [0.5, 0.6) is 0 Å². The fourth-order valence-electron chi connectivity index (χ4n) is 3.10. The molecule has 0 atom stereocenters. The maximum absolute atomic E-state index is 5.56. The molecule has 6 nitrogen and oxygen atoms in total. The largest absolute Gasteiger partial charge is 0.380 e. The van der Waals surface area contributed by atoms with Crippen LogP contribution in [0.4, 0.5) is 0 Å². The van der Waals surface area contributed by atoms with E-state index in [0.29, 0.717) is 19.2 Å². The normalized spacial score (nSPS) is 11.0. The average molecular weight is 359 g/mol. The molecule has 3 aromatic heterocycles. The molecule has 0 saturated heterocycles. The topological polar surface area (TPSA) is 57.8 Å². The van der Waals surface area contributed by atoms with Gasteiger partial charge in [-0.3, -0.25) is 4.57 Å². The van der Waals surface area contributed by atoms with E-state index in [0.717, 1.165) is 29.2 Å². The second-order valence-electron chi connectivity index (χ2n) is 6.01. The van der Waals surface area contributed by atoms with Crippen LogP contribution in [0.15, 0.2) is 73.4 Å². The standard InChI is InChI=1S/C21H21N5O/c1-2-27-15-14-25-16-24-19(17-8-4-3-5-9-17)20(25)18-10-6-13-26(18)21-22-11-7-12-23-21/h3-13,16H,2,14-15H2,1H3. The molecular weight excluding hydrogens is 338 g/mol. The van der Waals surface area contributed by atoms with E-state index in [-0.39, 0.29) is 0 Å². The summed E-state index contributed by atoms with van der Waals surface area (Å²) >= 11 is 0. The van der Waals surface area contributed by atoms with Crippen LogP contribution in [0.25, 0.3) is 28.6 Å². The summed E-state index contributed by atoms with van der Waals surface area (Å²) in [6.45, 7) is 4.06. The number of ether oxygens (including phenoxy) is 1. The molecule has 0 aliphatic rings. The Kier molecular flexibility index (Phi) is 5.07. The molecule has 0 aliphatic heterocycles. The monoisotopic (exact) mass is 359 g/mol. The quantitative estimate of drug-likeness (QED) is 0.471. The van der Waals surface area contributed by atoms with Crippen molar-refractivity contribution in [2.24, 2.45) is 0 Å². The lowest BCUT2D eigenvalue weighted by Crippen LogP contribution is -2.09. The van der Waals surface area contributed by atoms with Gasteiger partial charge in [-0.15, -0.1) is 0 Å². The number of imidazole rings is 1. The summed E-state index contributed by atoms with van der Waals surface area (Å²) in [6, 6.07) is 16.1. The molecule has 4 rings (SSSR count). The van der Waals surface area contributed by atoms with Crippen LogP contribution >= 0.6 is 0 Å². The Morgan fingerprint density at radius 3 is 2.52 bits per heavy atom. The summed E-state index contributed by atoms with van der Waals surface area (Å²) in [6.07, 6.45) is 7.34. The Morgan fingerprint density at radius 1 is 0.926 bits per heavy atom. The van der Waals surface area contributed by atoms with Gasteiger partial charge in [0.15, 0.2) is 0 Å². The summed E-state index contributed by atoms with van der Waals surface area (Å²) in [5.74, 6) is 0.633. The highest BCUT2D eigenvalue weighted by molar-refractivity contribution is 5.77. The SMILES string of the molecule is CCOCCn1cnc(-c2ccccc2)c1-c1cccn1-c1ncccn1. The Morgan fingerprint density at radius 2 is 1.74 bits per heavy atom. The predicted molar refractivity (Wildman–Crippen MR) is 105 cm³/mol. The van der Waals surface area contributed by atoms with E-state index >= 15 is 0 Å². The van der Waals surface area contributed by atoms with Crippen LogP contribution in [-0.2, 0) is 11.3 Å². The van der Waals surface area contributed by atoms with E-state index in [9.17, 15) is 0 Å². The third kappa shape index (κ3) is 3.52. The maximum atomic E-state index is 5.56. The molecule has 0 N–H and O–H groups in total. The zero-order valence-corrected chi connectivity index (χ0v) is 15.2. The average Bonchev–Trinajstić information content (AvgIpc) is 3.36. The van der Waals surface area contributed by atoms with E-state index in [1.54, 1.807) is 12.4 Å². The van der Waals surface area contributed by atoms with Crippen molar-refractivity contribution < 1.29 is 4.74 Å². The van der Waals surface area contributed by atoms with Crippen LogP contribution in [0.1, 0.15) is 6.92 Å². The van der Waals surface area contributed by atoms with Gasteiger partial charge >= 0.3 is 0 Å². The molecular formula is C21H21N5O. The van der Waals surface area contributed by atoms with Gasteiger partial charge in [0.1, 0.15) is 0 Å². The van der Waals surface area contributed by atoms with Crippen molar-refractivity contribution in [1.82, 2.24) is 24.1 Å². The first kappa shape index (κ1) is 17.2. The minimum atomic E-state index is 0.633. The number of hydrogen-bond acceptors (Lipinski definition) is 4. The predicted octanol–water partition coefficient (Wildman–Crippen LogP) is 3.83. The van der Waals surface area contributed by atoms with Gasteiger partial charge in [0.25, 0.3) is 0 Å². The summed E-state index contributed by atoms with van der Waals surface area (Å²) in [5, 5.41) is 0.